The number of aromatic hydroxyl groups is 1. The molecule has 12 heavy (non-hydrogen) atoms. The Kier molecular flexibility index (Phi) is 2.28. The van der Waals surface area contributed by atoms with Crippen LogP contribution in [0, 0.1) is 6.92 Å². The van der Waals surface area contributed by atoms with E-state index in [2.05, 4.69) is 0 Å². The second-order valence-electron chi connectivity index (χ2n) is 2.53. The van der Waals surface area contributed by atoms with Crippen molar-refractivity contribution in [2.75, 3.05) is 0 Å². The fourth-order valence-corrected chi connectivity index (χ4v) is 0.916. The molecule has 1 aromatic heterocycles. The van der Waals surface area contributed by atoms with Gasteiger partial charge in [-0.2, -0.15) is 4.57 Å². The zero-order chi connectivity index (χ0) is 9.14. The van der Waals surface area contributed by atoms with Gasteiger partial charge in [-0.15, -0.1) is 0 Å². The summed E-state index contributed by atoms with van der Waals surface area (Å²) in [5, 5.41) is 19.2. The first-order chi connectivity index (χ1) is 5.59. The number of carboxylic acid groups (broad SMARTS) is 1. The first-order valence-electron chi connectivity index (χ1n) is 3.48. The second kappa shape index (κ2) is 3.21. The van der Waals surface area contributed by atoms with Crippen LogP contribution in [0.25, 0.3) is 0 Å². The van der Waals surface area contributed by atoms with E-state index < -0.39 is 5.97 Å². The first-order valence-corrected chi connectivity index (χ1v) is 3.48. The number of hydrogen-bond donors (Lipinski definition) is 1. The van der Waals surface area contributed by atoms with Gasteiger partial charge in [-0.25, -0.2) is 0 Å². The maximum atomic E-state index is 10.2. The lowest BCUT2D eigenvalue weighted by molar-refractivity contribution is -0.696. The van der Waals surface area contributed by atoms with Gasteiger partial charge < -0.3 is 15.0 Å². The molecule has 0 saturated carbocycles. The third-order valence-electron chi connectivity index (χ3n) is 1.54. The highest BCUT2D eigenvalue weighted by Gasteiger charge is 2.06. The normalized spacial score (nSPS) is 9.75. The Hall–Kier alpha value is -1.58. The zero-order valence-electron chi connectivity index (χ0n) is 6.65. The molecular formula is C8H9NO3. The lowest BCUT2D eigenvalue weighted by atomic mass is 10.3. The van der Waals surface area contributed by atoms with E-state index in [1.54, 1.807) is 13.0 Å². The minimum Gasteiger partial charge on any atom is -0.544 e. The van der Waals surface area contributed by atoms with Crippen LogP contribution in [0.15, 0.2) is 18.3 Å². The molecule has 1 rings (SSSR count). The van der Waals surface area contributed by atoms with Crippen molar-refractivity contribution < 1.29 is 19.6 Å². The van der Waals surface area contributed by atoms with Crippen LogP contribution in [-0.4, -0.2) is 11.1 Å². The smallest absolute Gasteiger partial charge is 0.211 e. The molecule has 0 unspecified atom stereocenters. The molecule has 64 valence electrons. The van der Waals surface area contributed by atoms with Crippen molar-refractivity contribution in [1.29, 1.82) is 0 Å². The minimum atomic E-state index is -1.17. The summed E-state index contributed by atoms with van der Waals surface area (Å²) in [5.74, 6) is -1.13. The number of rotatable bonds is 2. The van der Waals surface area contributed by atoms with Crippen molar-refractivity contribution in [3.05, 3.63) is 24.0 Å². The Morgan fingerprint density at radius 2 is 2.33 bits per heavy atom. The van der Waals surface area contributed by atoms with Gasteiger partial charge in [0.05, 0.1) is 0 Å². The quantitative estimate of drug-likeness (QED) is 0.559. The van der Waals surface area contributed by atoms with Gasteiger partial charge in [-0.1, -0.05) is 0 Å². The molecular weight excluding hydrogens is 158 g/mol. The van der Waals surface area contributed by atoms with Crippen LogP contribution >= 0.6 is 0 Å². The summed E-state index contributed by atoms with van der Waals surface area (Å²) < 4.78 is 1.41. The first kappa shape index (κ1) is 8.52. The van der Waals surface area contributed by atoms with Crippen LogP contribution in [0.2, 0.25) is 0 Å². The molecule has 1 heterocycles. The van der Waals surface area contributed by atoms with Crippen LogP contribution in [0.1, 0.15) is 5.69 Å². The fourth-order valence-electron chi connectivity index (χ4n) is 0.916. The van der Waals surface area contributed by atoms with E-state index in [1.807, 2.05) is 0 Å². The molecule has 0 aliphatic heterocycles. The van der Waals surface area contributed by atoms with Crippen molar-refractivity contribution in [3.8, 4) is 5.75 Å². The zero-order valence-corrected chi connectivity index (χ0v) is 6.65. The monoisotopic (exact) mass is 167 g/mol. The highest BCUT2D eigenvalue weighted by molar-refractivity contribution is 5.62. The summed E-state index contributed by atoms with van der Waals surface area (Å²) in [4.78, 5) is 10.2. The number of aromatic nitrogens is 1. The lowest BCUT2D eigenvalue weighted by Crippen LogP contribution is -2.45. The number of hydrogen-bond acceptors (Lipinski definition) is 3. The Labute approximate surface area is 69.7 Å². The molecule has 0 spiro atoms. The molecule has 0 aromatic carbocycles. The van der Waals surface area contributed by atoms with E-state index in [-0.39, 0.29) is 12.3 Å². The third kappa shape index (κ3) is 1.95. The van der Waals surface area contributed by atoms with Crippen molar-refractivity contribution in [1.82, 2.24) is 0 Å². The SMILES string of the molecule is Cc1ccc(O)c[n+]1CC(=O)[O-]. The van der Waals surface area contributed by atoms with E-state index in [0.29, 0.717) is 0 Å². The maximum absolute atomic E-state index is 10.2. The predicted octanol–water partition coefficient (Wildman–Crippen LogP) is -1.26. The second-order valence-corrected chi connectivity index (χ2v) is 2.53. The molecule has 1 aromatic rings. The van der Waals surface area contributed by atoms with Gasteiger partial charge in [-0.3, -0.25) is 0 Å². The highest BCUT2D eigenvalue weighted by atomic mass is 16.4. The van der Waals surface area contributed by atoms with E-state index in [4.69, 9.17) is 5.11 Å². The molecule has 4 nitrogen and oxygen atoms in total. The minimum absolute atomic E-state index is 0.0434. The van der Waals surface area contributed by atoms with E-state index in [0.717, 1.165) is 5.69 Å². The highest BCUT2D eigenvalue weighted by Crippen LogP contribution is 2.03. The summed E-state index contributed by atoms with van der Waals surface area (Å²) in [6.45, 7) is 1.52. The van der Waals surface area contributed by atoms with E-state index >= 15 is 0 Å². The molecule has 4 heteroatoms. The summed E-state index contributed by atoms with van der Waals surface area (Å²) in [5.41, 5.74) is 0.761. The summed E-state index contributed by atoms with van der Waals surface area (Å²) in [7, 11) is 0. The fraction of sp³-hybridized carbons (Fsp3) is 0.250. The number of aryl methyl sites for hydroxylation is 1. The molecule has 0 aliphatic carbocycles. The Morgan fingerprint density at radius 1 is 1.67 bits per heavy atom. The Bertz CT molecular complexity index is 309. The van der Waals surface area contributed by atoms with Crippen molar-refractivity contribution in [2.24, 2.45) is 0 Å². The molecule has 0 bridgehead atoms. The van der Waals surface area contributed by atoms with E-state index in [9.17, 15) is 9.90 Å². The van der Waals surface area contributed by atoms with Crippen LogP contribution in [0.4, 0.5) is 0 Å². The topological polar surface area (TPSA) is 64.2 Å². The number of carboxylic acids is 1. The summed E-state index contributed by atoms with van der Waals surface area (Å²) in [6.07, 6.45) is 1.35. The Balaban J connectivity index is 2.97. The van der Waals surface area contributed by atoms with Gasteiger partial charge in [0, 0.05) is 13.0 Å². The van der Waals surface area contributed by atoms with Gasteiger partial charge in [-0.05, 0) is 6.07 Å². The summed E-state index contributed by atoms with van der Waals surface area (Å²) >= 11 is 0. The third-order valence-corrected chi connectivity index (χ3v) is 1.54. The van der Waals surface area contributed by atoms with E-state index in [1.165, 1.54) is 16.8 Å². The van der Waals surface area contributed by atoms with Crippen molar-refractivity contribution in [3.63, 3.8) is 0 Å². The average Bonchev–Trinajstić information content (AvgIpc) is 1.96. The van der Waals surface area contributed by atoms with Crippen LogP contribution in [0.5, 0.6) is 5.75 Å². The molecule has 0 radical (unpaired) electrons. The maximum Gasteiger partial charge on any atom is 0.211 e. The predicted molar refractivity (Wildman–Crippen MR) is 38.0 cm³/mol. The molecule has 0 amide bonds. The molecule has 0 atom stereocenters. The number of pyridine rings is 1. The van der Waals surface area contributed by atoms with Crippen LogP contribution < -0.4 is 9.67 Å². The van der Waals surface area contributed by atoms with Gasteiger partial charge in [0.2, 0.25) is 6.20 Å². The Morgan fingerprint density at radius 3 is 2.92 bits per heavy atom. The largest absolute Gasteiger partial charge is 0.544 e. The molecule has 0 saturated heterocycles. The van der Waals surface area contributed by atoms with Crippen LogP contribution in [0.3, 0.4) is 0 Å². The number of nitrogens with zero attached hydrogens (tertiary/aromatic N) is 1. The van der Waals surface area contributed by atoms with Crippen molar-refractivity contribution >= 4 is 5.97 Å². The molecule has 0 fully saturated rings. The number of carbonyl (C=O) groups excluding carboxylic acids is 1. The molecule has 0 aliphatic rings. The molecule has 1 N–H and O–H groups in total. The summed E-state index contributed by atoms with van der Waals surface area (Å²) in [6, 6.07) is 3.14. The van der Waals surface area contributed by atoms with Gasteiger partial charge in [0.1, 0.15) is 5.97 Å². The number of carbonyl (C=O) groups is 1. The van der Waals surface area contributed by atoms with Gasteiger partial charge in [0.25, 0.3) is 0 Å². The van der Waals surface area contributed by atoms with Gasteiger partial charge in [0.15, 0.2) is 18.0 Å². The standard InChI is InChI=1S/C8H9NO3/c1-6-2-3-7(10)4-9(6)5-8(11)12/h2-4H,5H2,1H3,(H-,10,11,12). The lowest BCUT2D eigenvalue weighted by Gasteiger charge is -2.00. The van der Waals surface area contributed by atoms with Crippen molar-refractivity contribution in [2.45, 2.75) is 13.5 Å². The van der Waals surface area contributed by atoms with Gasteiger partial charge >= 0.3 is 0 Å². The number of aliphatic carboxylic acids is 1. The van der Waals surface area contributed by atoms with Crippen LogP contribution in [-0.2, 0) is 11.3 Å². The average molecular weight is 167 g/mol.